The summed E-state index contributed by atoms with van der Waals surface area (Å²) in [6.45, 7) is 1.21. The number of likely N-dealkylation sites (tertiary alicyclic amines) is 1. The van der Waals surface area contributed by atoms with Crippen molar-refractivity contribution in [1.29, 1.82) is 5.41 Å². The molecule has 0 saturated carbocycles. The lowest BCUT2D eigenvalue weighted by molar-refractivity contribution is -0.145. The summed E-state index contributed by atoms with van der Waals surface area (Å²) in [5.41, 5.74) is 7.79. The van der Waals surface area contributed by atoms with Gasteiger partial charge in [0.1, 0.15) is 6.04 Å². The first kappa shape index (κ1) is 19.6. The summed E-state index contributed by atoms with van der Waals surface area (Å²) in [6.07, 6.45) is 1.60. The second kappa shape index (κ2) is 7.46. The quantitative estimate of drug-likeness (QED) is 0.181. The van der Waals surface area contributed by atoms with E-state index in [1.165, 1.54) is 4.90 Å². The van der Waals surface area contributed by atoms with Crippen molar-refractivity contribution in [3.05, 3.63) is 0 Å². The first-order chi connectivity index (χ1) is 12.7. The van der Waals surface area contributed by atoms with Gasteiger partial charge in [-0.2, -0.15) is 13.5 Å². The van der Waals surface area contributed by atoms with E-state index >= 15 is 0 Å². The predicted molar refractivity (Wildman–Crippen MR) is 89.1 cm³/mol. The van der Waals surface area contributed by atoms with Crippen molar-refractivity contribution in [2.75, 3.05) is 19.6 Å². The molecule has 3 fully saturated rings. The molecular formula is C13H22N6O7S. The maximum Gasteiger partial charge on any atom is 0.418 e. The molecule has 3 heterocycles. The average molecular weight is 406 g/mol. The first-order valence-electron chi connectivity index (χ1n) is 8.47. The minimum absolute atomic E-state index is 0.00143. The molecule has 2 bridgehead atoms. The van der Waals surface area contributed by atoms with E-state index in [2.05, 4.69) is 9.76 Å². The van der Waals surface area contributed by atoms with Gasteiger partial charge >= 0.3 is 16.4 Å². The Kier molecular flexibility index (Phi) is 5.41. The minimum atomic E-state index is -4.83. The van der Waals surface area contributed by atoms with Crippen LogP contribution in [0, 0.1) is 5.41 Å². The number of rotatable bonds is 5. The molecule has 0 aromatic heterocycles. The van der Waals surface area contributed by atoms with Crippen LogP contribution in [0.1, 0.15) is 25.7 Å². The van der Waals surface area contributed by atoms with E-state index in [4.69, 9.17) is 20.5 Å². The van der Waals surface area contributed by atoms with Crippen molar-refractivity contribution in [2.24, 2.45) is 5.73 Å². The molecule has 0 radical (unpaired) electrons. The van der Waals surface area contributed by atoms with Gasteiger partial charge in [-0.25, -0.2) is 10.3 Å². The summed E-state index contributed by atoms with van der Waals surface area (Å²) in [4.78, 5) is 33.0. The fourth-order valence-corrected chi connectivity index (χ4v) is 3.92. The van der Waals surface area contributed by atoms with E-state index in [0.29, 0.717) is 43.8 Å². The Morgan fingerprint density at radius 3 is 2.52 bits per heavy atom. The summed E-state index contributed by atoms with van der Waals surface area (Å²) < 4.78 is 34.9. The lowest BCUT2D eigenvalue weighted by Crippen LogP contribution is -2.51. The summed E-state index contributed by atoms with van der Waals surface area (Å²) in [5.74, 6) is -0.511. The van der Waals surface area contributed by atoms with E-state index < -0.39 is 34.4 Å². The van der Waals surface area contributed by atoms with Crippen LogP contribution in [0.3, 0.4) is 0 Å². The molecule has 3 rings (SSSR count). The topological polar surface area (TPSA) is 179 Å². The number of nitrogens with two attached hydrogens (primary N) is 1. The van der Waals surface area contributed by atoms with Crippen LogP contribution in [0.25, 0.3) is 0 Å². The number of hydrogen-bond acceptors (Lipinski definition) is 7. The zero-order chi connectivity index (χ0) is 19.8. The van der Waals surface area contributed by atoms with Crippen LogP contribution in [0.4, 0.5) is 4.79 Å². The highest BCUT2D eigenvalue weighted by Gasteiger charge is 2.49. The Labute approximate surface area is 155 Å². The van der Waals surface area contributed by atoms with Gasteiger partial charge in [0.15, 0.2) is 5.96 Å². The zero-order valence-corrected chi connectivity index (χ0v) is 15.2. The number of carbonyl (C=O) groups excluding carboxylic acids is 2. The molecule has 3 amide bonds. The molecule has 0 spiro atoms. The molecule has 0 aromatic carbocycles. The fourth-order valence-electron chi connectivity index (χ4n) is 3.53. The number of nitrogens with zero attached hydrogens (tertiary/aromatic N) is 3. The summed E-state index contributed by atoms with van der Waals surface area (Å²) in [7, 11) is -4.83. The third kappa shape index (κ3) is 4.40. The average Bonchev–Trinajstić information content (AvgIpc) is 2.83. The molecule has 0 unspecified atom stereocenters. The summed E-state index contributed by atoms with van der Waals surface area (Å²) >= 11 is 0. The van der Waals surface area contributed by atoms with E-state index in [-0.39, 0.29) is 18.6 Å². The third-order valence-corrected chi connectivity index (χ3v) is 5.26. The Bertz CT molecular complexity index is 723. The lowest BCUT2D eigenvalue weighted by Gasteiger charge is -2.33. The van der Waals surface area contributed by atoms with Crippen LogP contribution in [0.15, 0.2) is 0 Å². The zero-order valence-electron chi connectivity index (χ0n) is 14.4. The van der Waals surface area contributed by atoms with Gasteiger partial charge in [0.2, 0.25) is 0 Å². The smallest absolute Gasteiger partial charge is 0.370 e. The van der Waals surface area contributed by atoms with Gasteiger partial charge in [0.05, 0.1) is 12.1 Å². The number of guanidine groups is 1. The van der Waals surface area contributed by atoms with Crippen molar-refractivity contribution < 1.29 is 31.7 Å². The molecule has 0 aliphatic carbocycles. The van der Waals surface area contributed by atoms with Gasteiger partial charge in [0.25, 0.3) is 5.91 Å². The molecule has 5 N–H and O–H groups in total. The van der Waals surface area contributed by atoms with Crippen LogP contribution >= 0.6 is 0 Å². The molecule has 3 aliphatic heterocycles. The monoisotopic (exact) mass is 406 g/mol. The van der Waals surface area contributed by atoms with Gasteiger partial charge in [-0.15, -0.1) is 4.28 Å². The third-order valence-electron chi connectivity index (χ3n) is 4.91. The Morgan fingerprint density at radius 1 is 1.26 bits per heavy atom. The number of carbonyl (C=O) groups is 2. The Morgan fingerprint density at radius 2 is 1.93 bits per heavy atom. The van der Waals surface area contributed by atoms with Crippen LogP contribution in [-0.4, -0.2) is 83.6 Å². The summed E-state index contributed by atoms with van der Waals surface area (Å²) in [5, 5.41) is 7.97. The standard InChI is InChI=1S/C13H22N6O7S/c14-12(15)17-5-3-9(4-6-17)25-16-11(20)10-2-1-8-7-18(10)13(21)19(8)26-27(22,23)24/h8-10H,1-7H2,(H3,14,15)(H,16,20)(H,22,23,24)/t8-,10+/m1/s1. The van der Waals surface area contributed by atoms with E-state index in [9.17, 15) is 18.0 Å². The van der Waals surface area contributed by atoms with Crippen molar-refractivity contribution in [1.82, 2.24) is 20.3 Å². The van der Waals surface area contributed by atoms with Crippen molar-refractivity contribution in [2.45, 2.75) is 43.9 Å². The largest absolute Gasteiger partial charge is 0.418 e. The highest BCUT2D eigenvalue weighted by molar-refractivity contribution is 7.80. The minimum Gasteiger partial charge on any atom is -0.370 e. The first-order valence-corrected chi connectivity index (χ1v) is 9.83. The molecular weight excluding hydrogens is 384 g/mol. The van der Waals surface area contributed by atoms with Crippen LogP contribution < -0.4 is 11.2 Å². The van der Waals surface area contributed by atoms with E-state index in [1.807, 2.05) is 0 Å². The summed E-state index contributed by atoms with van der Waals surface area (Å²) in [6, 6.07) is -2.17. The van der Waals surface area contributed by atoms with Gasteiger partial charge in [-0.05, 0) is 25.7 Å². The predicted octanol–water partition coefficient (Wildman–Crippen LogP) is -1.60. The molecule has 3 saturated heterocycles. The number of hydroxylamine groups is 3. The Hall–Kier alpha value is -2.16. The highest BCUT2D eigenvalue weighted by Crippen LogP contribution is 2.30. The van der Waals surface area contributed by atoms with Gasteiger partial charge < -0.3 is 15.5 Å². The van der Waals surface area contributed by atoms with Crippen molar-refractivity contribution in [3.63, 3.8) is 0 Å². The highest BCUT2D eigenvalue weighted by atomic mass is 32.3. The molecule has 3 aliphatic rings. The second-order valence-corrected chi connectivity index (χ2v) is 7.67. The number of nitrogens with one attached hydrogen (secondary N) is 2. The van der Waals surface area contributed by atoms with Crippen molar-refractivity contribution in [3.8, 4) is 0 Å². The van der Waals surface area contributed by atoms with Crippen LogP contribution in [0.5, 0.6) is 0 Å². The molecule has 0 aromatic rings. The van der Waals surface area contributed by atoms with Gasteiger partial charge in [-0.3, -0.25) is 19.6 Å². The van der Waals surface area contributed by atoms with Crippen LogP contribution in [-0.2, 0) is 24.3 Å². The normalized spacial score (nSPS) is 26.4. The number of amides is 3. The molecule has 2 atom stereocenters. The Balaban J connectivity index is 1.51. The van der Waals surface area contributed by atoms with Crippen molar-refractivity contribution >= 4 is 28.3 Å². The van der Waals surface area contributed by atoms with Gasteiger partial charge in [-0.1, -0.05) is 0 Å². The second-order valence-electron chi connectivity index (χ2n) is 6.67. The molecule has 13 nitrogen and oxygen atoms in total. The number of urea groups is 1. The lowest BCUT2D eigenvalue weighted by atomic mass is 10.0. The SMILES string of the molecule is N=C(N)N1CCC(ONC(=O)[C@@H]2CC[C@@H]3CN2C(=O)N3OS(=O)(=O)O)CC1. The maximum atomic E-state index is 12.4. The van der Waals surface area contributed by atoms with E-state index in [0.717, 1.165) is 0 Å². The number of piperidine rings is 2. The van der Waals surface area contributed by atoms with Crippen LogP contribution in [0.2, 0.25) is 0 Å². The molecule has 27 heavy (non-hydrogen) atoms. The number of fused-ring (bicyclic) bond motifs is 2. The van der Waals surface area contributed by atoms with E-state index in [1.54, 1.807) is 4.90 Å². The number of hydrogen-bond donors (Lipinski definition) is 4. The molecule has 152 valence electrons. The fraction of sp³-hybridized carbons (Fsp3) is 0.769. The molecule has 14 heteroatoms. The van der Waals surface area contributed by atoms with Gasteiger partial charge in [0, 0.05) is 19.6 Å². The maximum absolute atomic E-state index is 12.4.